The van der Waals surface area contributed by atoms with Crippen molar-refractivity contribution in [3.8, 4) is 28.4 Å². The van der Waals surface area contributed by atoms with E-state index in [9.17, 15) is 0 Å². The lowest BCUT2D eigenvalue weighted by molar-refractivity contribution is 0.356. The van der Waals surface area contributed by atoms with Crippen LogP contribution in [0.4, 0.5) is 0 Å². The topological polar surface area (TPSA) is 62.1 Å². The Morgan fingerprint density at radius 3 is 2.29 bits per heavy atom. The maximum absolute atomic E-state index is 5.62. The van der Waals surface area contributed by atoms with Gasteiger partial charge in [-0.2, -0.15) is 5.10 Å². The van der Waals surface area contributed by atoms with Gasteiger partial charge >= 0.3 is 0 Å². The Morgan fingerprint density at radius 2 is 1.65 bits per heavy atom. The number of para-hydroxylation sites is 1. The van der Waals surface area contributed by atoms with E-state index in [-0.39, 0.29) is 0 Å². The average Bonchev–Trinajstić information content (AvgIpc) is 3.22. The highest BCUT2D eigenvalue weighted by molar-refractivity contribution is 6.12. The number of aromatic nitrogens is 4. The maximum atomic E-state index is 5.62. The highest BCUT2D eigenvalue weighted by atomic mass is 16.5. The zero-order valence-corrected chi connectivity index (χ0v) is 17.7. The van der Waals surface area contributed by atoms with Crippen molar-refractivity contribution in [2.24, 2.45) is 0 Å². The number of methoxy groups -OCH3 is 2. The number of hydrogen-bond donors (Lipinski definition) is 0. The van der Waals surface area contributed by atoms with Crippen LogP contribution in [0.1, 0.15) is 12.6 Å². The Labute approximate surface area is 180 Å². The van der Waals surface area contributed by atoms with Crippen molar-refractivity contribution in [3.63, 3.8) is 0 Å². The summed E-state index contributed by atoms with van der Waals surface area (Å²) in [5.74, 6) is 1.34. The Hall–Kier alpha value is -3.93. The molecule has 2 aromatic carbocycles. The van der Waals surface area contributed by atoms with E-state index in [1.54, 1.807) is 20.4 Å². The van der Waals surface area contributed by atoms with Crippen molar-refractivity contribution in [2.45, 2.75) is 13.3 Å². The molecule has 5 rings (SSSR count). The van der Waals surface area contributed by atoms with Gasteiger partial charge in [0.05, 0.1) is 36.7 Å². The van der Waals surface area contributed by atoms with Gasteiger partial charge in [-0.05, 0) is 42.8 Å². The fourth-order valence-electron chi connectivity index (χ4n) is 4.00. The Morgan fingerprint density at radius 1 is 0.903 bits per heavy atom. The van der Waals surface area contributed by atoms with Crippen LogP contribution in [0.5, 0.6) is 11.5 Å². The fraction of sp³-hybridized carbons (Fsp3) is 0.160. The van der Waals surface area contributed by atoms with E-state index >= 15 is 0 Å². The van der Waals surface area contributed by atoms with Crippen LogP contribution in [0.3, 0.4) is 0 Å². The first-order valence-electron chi connectivity index (χ1n) is 10.2. The van der Waals surface area contributed by atoms with Crippen LogP contribution in [-0.4, -0.2) is 34.0 Å². The smallest absolute Gasteiger partial charge is 0.164 e. The molecule has 0 aliphatic heterocycles. The molecule has 3 aromatic heterocycles. The van der Waals surface area contributed by atoms with Gasteiger partial charge in [0.1, 0.15) is 0 Å². The Balaban J connectivity index is 1.97. The molecule has 0 fully saturated rings. The van der Waals surface area contributed by atoms with E-state index in [0.717, 1.165) is 50.9 Å². The minimum absolute atomic E-state index is 0.662. The first-order valence-corrected chi connectivity index (χ1v) is 10.2. The van der Waals surface area contributed by atoms with Crippen LogP contribution in [0.15, 0.2) is 67.0 Å². The molecule has 0 saturated carbocycles. The SMILES string of the molecule is CCc1nn(-c2ccccc2)c2nc(-c3cccnc3)c3cc(OC)c(OC)cc3c12. The quantitative estimate of drug-likeness (QED) is 0.398. The van der Waals surface area contributed by atoms with E-state index in [2.05, 4.69) is 11.9 Å². The zero-order chi connectivity index (χ0) is 21.4. The third kappa shape index (κ3) is 3.08. The molecule has 0 radical (unpaired) electrons. The van der Waals surface area contributed by atoms with Crippen molar-refractivity contribution in [3.05, 3.63) is 72.7 Å². The second-order valence-electron chi connectivity index (χ2n) is 7.20. The monoisotopic (exact) mass is 410 g/mol. The summed E-state index contributed by atoms with van der Waals surface area (Å²) in [6, 6.07) is 18.0. The van der Waals surface area contributed by atoms with Crippen LogP contribution in [0.25, 0.3) is 38.8 Å². The van der Waals surface area contributed by atoms with E-state index < -0.39 is 0 Å². The first-order chi connectivity index (χ1) is 15.2. The van der Waals surface area contributed by atoms with Gasteiger partial charge in [-0.3, -0.25) is 4.98 Å². The third-order valence-electron chi connectivity index (χ3n) is 5.47. The van der Waals surface area contributed by atoms with Crippen molar-refractivity contribution < 1.29 is 9.47 Å². The van der Waals surface area contributed by atoms with Crippen LogP contribution in [-0.2, 0) is 6.42 Å². The summed E-state index contributed by atoms with van der Waals surface area (Å²) in [5, 5.41) is 7.95. The predicted octanol–water partition coefficient (Wildman–Crippen LogP) is 5.22. The second-order valence-corrected chi connectivity index (χ2v) is 7.20. The summed E-state index contributed by atoms with van der Waals surface area (Å²) >= 11 is 0. The molecule has 0 aliphatic rings. The van der Waals surface area contributed by atoms with Gasteiger partial charge < -0.3 is 9.47 Å². The molecule has 0 spiro atoms. The van der Waals surface area contributed by atoms with Crippen LogP contribution in [0.2, 0.25) is 0 Å². The molecular formula is C25H22N4O2. The van der Waals surface area contributed by atoms with Gasteiger partial charge in [-0.1, -0.05) is 25.1 Å². The minimum atomic E-state index is 0.662. The summed E-state index contributed by atoms with van der Waals surface area (Å²) in [6.07, 6.45) is 4.37. The molecule has 6 heteroatoms. The van der Waals surface area contributed by atoms with E-state index in [1.165, 1.54) is 0 Å². The van der Waals surface area contributed by atoms with Gasteiger partial charge in [-0.15, -0.1) is 0 Å². The molecule has 0 atom stereocenters. The molecule has 31 heavy (non-hydrogen) atoms. The number of benzene rings is 2. The summed E-state index contributed by atoms with van der Waals surface area (Å²) in [5.41, 5.74) is 4.52. The summed E-state index contributed by atoms with van der Waals surface area (Å²) in [4.78, 5) is 9.42. The lowest BCUT2D eigenvalue weighted by Gasteiger charge is -2.13. The average molecular weight is 410 g/mol. The largest absolute Gasteiger partial charge is 0.493 e. The van der Waals surface area contributed by atoms with Gasteiger partial charge in [0, 0.05) is 28.7 Å². The first kappa shape index (κ1) is 19.1. The Kier molecular flexibility index (Phi) is 4.75. The molecule has 0 N–H and O–H groups in total. The van der Waals surface area contributed by atoms with Crippen LogP contribution in [0, 0.1) is 0 Å². The standard InChI is InChI=1S/C25H22N4O2/c1-4-20-23-18-13-21(30-2)22(31-3)14-19(18)24(16-9-8-12-26-15-16)27-25(23)29(28-20)17-10-6-5-7-11-17/h5-15H,4H2,1-3H3. The van der Waals surface area contributed by atoms with Crippen LogP contribution < -0.4 is 9.47 Å². The minimum Gasteiger partial charge on any atom is -0.493 e. The number of rotatable bonds is 5. The number of aryl methyl sites for hydroxylation is 1. The van der Waals surface area contributed by atoms with Crippen LogP contribution >= 0.6 is 0 Å². The van der Waals surface area contributed by atoms with Gasteiger partial charge in [0.2, 0.25) is 0 Å². The maximum Gasteiger partial charge on any atom is 0.164 e. The molecule has 3 heterocycles. The molecule has 6 nitrogen and oxygen atoms in total. The lowest BCUT2D eigenvalue weighted by atomic mass is 10.0. The number of pyridine rings is 2. The number of fused-ring (bicyclic) bond motifs is 3. The van der Waals surface area contributed by atoms with Gasteiger partial charge in [-0.25, -0.2) is 9.67 Å². The highest BCUT2D eigenvalue weighted by Crippen LogP contribution is 2.40. The predicted molar refractivity (Wildman–Crippen MR) is 122 cm³/mol. The van der Waals surface area contributed by atoms with E-state index in [0.29, 0.717) is 11.5 Å². The Bertz CT molecular complexity index is 1380. The van der Waals surface area contributed by atoms with Gasteiger partial charge in [0.15, 0.2) is 17.1 Å². The van der Waals surface area contributed by atoms with E-state index in [1.807, 2.05) is 65.5 Å². The summed E-state index contributed by atoms with van der Waals surface area (Å²) in [6.45, 7) is 2.11. The number of nitrogens with zero attached hydrogens (tertiary/aromatic N) is 4. The molecule has 0 saturated heterocycles. The zero-order valence-electron chi connectivity index (χ0n) is 17.7. The lowest BCUT2D eigenvalue weighted by Crippen LogP contribution is -1.99. The molecule has 0 aliphatic carbocycles. The summed E-state index contributed by atoms with van der Waals surface area (Å²) in [7, 11) is 3.29. The van der Waals surface area contributed by atoms with Gasteiger partial charge in [0.25, 0.3) is 0 Å². The molecule has 154 valence electrons. The van der Waals surface area contributed by atoms with Crippen molar-refractivity contribution in [1.29, 1.82) is 0 Å². The molecule has 0 amide bonds. The highest BCUT2D eigenvalue weighted by Gasteiger charge is 2.21. The fourth-order valence-corrected chi connectivity index (χ4v) is 4.00. The molecule has 0 bridgehead atoms. The number of hydrogen-bond acceptors (Lipinski definition) is 5. The molecule has 5 aromatic rings. The van der Waals surface area contributed by atoms with Crippen molar-refractivity contribution >= 4 is 21.8 Å². The molecule has 0 unspecified atom stereocenters. The third-order valence-corrected chi connectivity index (χ3v) is 5.47. The van der Waals surface area contributed by atoms with Crippen molar-refractivity contribution in [2.75, 3.05) is 14.2 Å². The summed E-state index contributed by atoms with van der Waals surface area (Å²) < 4.78 is 13.1. The van der Waals surface area contributed by atoms with Crippen molar-refractivity contribution in [1.82, 2.24) is 19.7 Å². The van der Waals surface area contributed by atoms with E-state index in [4.69, 9.17) is 19.6 Å². The second kappa shape index (κ2) is 7.72. The normalized spacial score (nSPS) is 11.2. The molecular weight excluding hydrogens is 388 g/mol. The number of ether oxygens (including phenoxy) is 2.